The molecule has 0 bridgehead atoms. The van der Waals surface area contributed by atoms with E-state index in [2.05, 4.69) is 10.3 Å². The highest BCUT2D eigenvalue weighted by molar-refractivity contribution is 7.14. The average molecular weight is 341 g/mol. The van der Waals surface area contributed by atoms with Gasteiger partial charge in [0.05, 0.1) is 5.69 Å². The van der Waals surface area contributed by atoms with Crippen LogP contribution in [0, 0.1) is 0 Å². The zero-order valence-corrected chi connectivity index (χ0v) is 14.1. The molecule has 2 aliphatic rings. The molecule has 0 spiro atoms. The third-order valence-corrected chi connectivity index (χ3v) is 5.28. The zero-order chi connectivity index (χ0) is 16.5. The molecule has 0 unspecified atom stereocenters. The van der Waals surface area contributed by atoms with Gasteiger partial charge in [0, 0.05) is 35.5 Å². The normalized spacial score (nSPS) is 17.8. The van der Waals surface area contributed by atoms with Crippen molar-refractivity contribution in [2.45, 2.75) is 38.0 Å². The van der Waals surface area contributed by atoms with E-state index in [1.165, 1.54) is 24.2 Å². The molecule has 1 N–H and O–H groups in total. The quantitative estimate of drug-likeness (QED) is 0.920. The van der Waals surface area contributed by atoms with Gasteiger partial charge in [0.15, 0.2) is 5.13 Å². The summed E-state index contributed by atoms with van der Waals surface area (Å²) in [5.74, 6) is 0.588. The Labute approximate surface area is 144 Å². The average Bonchev–Trinajstić information content (AvgIpc) is 3.35. The van der Waals surface area contributed by atoms with Crippen LogP contribution in [0.1, 0.15) is 54.1 Å². The summed E-state index contributed by atoms with van der Waals surface area (Å²) in [6.45, 7) is 0.757. The van der Waals surface area contributed by atoms with Gasteiger partial charge >= 0.3 is 0 Å². The molecular formula is C18H19N3O2S. The van der Waals surface area contributed by atoms with Gasteiger partial charge in [-0.15, -0.1) is 11.3 Å². The highest BCUT2D eigenvalue weighted by Crippen LogP contribution is 2.40. The molecule has 1 aromatic carbocycles. The van der Waals surface area contributed by atoms with E-state index in [0.29, 0.717) is 23.0 Å². The number of thiazole rings is 1. The molecule has 4 rings (SSSR count). The van der Waals surface area contributed by atoms with Crippen molar-refractivity contribution in [2.75, 3.05) is 16.8 Å². The first-order valence-corrected chi connectivity index (χ1v) is 9.26. The van der Waals surface area contributed by atoms with Gasteiger partial charge in [0.25, 0.3) is 5.91 Å². The molecule has 1 saturated carbocycles. The number of hydrogen-bond donors (Lipinski definition) is 1. The fourth-order valence-electron chi connectivity index (χ4n) is 2.95. The first-order valence-electron chi connectivity index (χ1n) is 8.38. The van der Waals surface area contributed by atoms with Crippen LogP contribution in [0.3, 0.4) is 0 Å². The minimum absolute atomic E-state index is 0.161. The number of hydrogen-bond acceptors (Lipinski definition) is 4. The van der Waals surface area contributed by atoms with Crippen LogP contribution in [-0.4, -0.2) is 23.3 Å². The Bertz CT molecular complexity index is 765. The predicted octanol–water partition coefficient (Wildman–Crippen LogP) is 3.79. The van der Waals surface area contributed by atoms with E-state index in [1.54, 1.807) is 17.0 Å². The Morgan fingerprint density at radius 1 is 1.21 bits per heavy atom. The first-order chi connectivity index (χ1) is 11.7. The van der Waals surface area contributed by atoms with Crippen molar-refractivity contribution < 1.29 is 9.59 Å². The third kappa shape index (κ3) is 3.19. The maximum atomic E-state index is 12.3. The second-order valence-electron chi connectivity index (χ2n) is 6.36. The molecule has 6 heteroatoms. The molecule has 1 aliphatic carbocycles. The van der Waals surface area contributed by atoms with E-state index in [4.69, 9.17) is 0 Å². The second-order valence-corrected chi connectivity index (χ2v) is 7.21. The van der Waals surface area contributed by atoms with E-state index >= 15 is 0 Å². The van der Waals surface area contributed by atoms with Crippen LogP contribution in [0.2, 0.25) is 0 Å². The SMILES string of the molecule is O=C(Nc1nc(C2CC2)cs1)c1ccc(N2CCCCC2=O)cc1. The van der Waals surface area contributed by atoms with E-state index in [0.717, 1.165) is 30.8 Å². The van der Waals surface area contributed by atoms with Gasteiger partial charge in [-0.3, -0.25) is 14.9 Å². The molecule has 1 saturated heterocycles. The van der Waals surface area contributed by atoms with Crippen LogP contribution in [0.25, 0.3) is 0 Å². The fraction of sp³-hybridized carbons (Fsp3) is 0.389. The topological polar surface area (TPSA) is 62.3 Å². The number of rotatable bonds is 4. The molecule has 124 valence electrons. The summed E-state index contributed by atoms with van der Waals surface area (Å²) in [5.41, 5.74) is 2.53. The number of aromatic nitrogens is 1. The molecule has 5 nitrogen and oxygen atoms in total. The Morgan fingerprint density at radius 3 is 2.71 bits per heavy atom. The lowest BCUT2D eigenvalue weighted by Gasteiger charge is -2.26. The van der Waals surface area contributed by atoms with E-state index < -0.39 is 0 Å². The summed E-state index contributed by atoms with van der Waals surface area (Å²) >= 11 is 1.47. The second kappa shape index (κ2) is 6.36. The molecule has 0 atom stereocenters. The lowest BCUT2D eigenvalue weighted by Crippen LogP contribution is -2.35. The minimum atomic E-state index is -0.164. The van der Waals surface area contributed by atoms with Gasteiger partial charge in [-0.1, -0.05) is 0 Å². The number of carbonyl (C=O) groups is 2. The van der Waals surface area contributed by atoms with Gasteiger partial charge in [-0.25, -0.2) is 4.98 Å². The van der Waals surface area contributed by atoms with E-state index in [1.807, 2.05) is 17.5 Å². The predicted molar refractivity (Wildman–Crippen MR) is 94.7 cm³/mol. The Hall–Kier alpha value is -2.21. The number of benzene rings is 1. The van der Waals surface area contributed by atoms with Gasteiger partial charge in [-0.05, 0) is 49.9 Å². The molecule has 1 aliphatic heterocycles. The van der Waals surface area contributed by atoms with Crippen LogP contribution < -0.4 is 10.2 Å². The monoisotopic (exact) mass is 341 g/mol. The molecule has 1 aromatic heterocycles. The molecular weight excluding hydrogens is 322 g/mol. The number of piperidine rings is 1. The summed E-state index contributed by atoms with van der Waals surface area (Å²) in [7, 11) is 0. The van der Waals surface area contributed by atoms with Crippen molar-refractivity contribution in [1.82, 2.24) is 4.98 Å². The van der Waals surface area contributed by atoms with Gasteiger partial charge in [0.2, 0.25) is 5.91 Å². The summed E-state index contributed by atoms with van der Waals surface area (Å²) in [5, 5.41) is 5.53. The highest BCUT2D eigenvalue weighted by Gasteiger charge is 2.26. The number of amides is 2. The summed E-state index contributed by atoms with van der Waals surface area (Å²) in [4.78, 5) is 30.6. The number of anilines is 2. The Balaban J connectivity index is 1.43. The van der Waals surface area contributed by atoms with Gasteiger partial charge in [-0.2, -0.15) is 0 Å². The van der Waals surface area contributed by atoms with Gasteiger partial charge < -0.3 is 4.90 Å². The van der Waals surface area contributed by atoms with Crippen LogP contribution in [0.5, 0.6) is 0 Å². The third-order valence-electron chi connectivity index (χ3n) is 4.50. The summed E-state index contributed by atoms with van der Waals surface area (Å²) in [6, 6.07) is 7.22. The van der Waals surface area contributed by atoms with Crippen molar-refractivity contribution in [3.63, 3.8) is 0 Å². The minimum Gasteiger partial charge on any atom is -0.312 e. The molecule has 2 aromatic rings. The molecule has 0 radical (unpaired) electrons. The van der Waals surface area contributed by atoms with Crippen molar-refractivity contribution in [2.24, 2.45) is 0 Å². The van der Waals surface area contributed by atoms with Gasteiger partial charge in [0.1, 0.15) is 0 Å². The van der Waals surface area contributed by atoms with E-state index in [9.17, 15) is 9.59 Å². The maximum absolute atomic E-state index is 12.3. The van der Waals surface area contributed by atoms with Crippen molar-refractivity contribution in [3.8, 4) is 0 Å². The highest BCUT2D eigenvalue weighted by atomic mass is 32.1. The zero-order valence-electron chi connectivity index (χ0n) is 13.3. The maximum Gasteiger partial charge on any atom is 0.257 e. The summed E-state index contributed by atoms with van der Waals surface area (Å²) in [6.07, 6.45) is 5.01. The lowest BCUT2D eigenvalue weighted by molar-refractivity contribution is -0.119. The fourth-order valence-corrected chi connectivity index (χ4v) is 3.74. The standard InChI is InChI=1S/C18H19N3O2S/c22-16-3-1-2-10-21(16)14-8-6-13(7-9-14)17(23)20-18-19-15(11-24-18)12-4-5-12/h6-9,11-12H,1-5,10H2,(H,19,20,23). The van der Waals surface area contributed by atoms with Crippen molar-refractivity contribution in [3.05, 3.63) is 40.9 Å². The number of carbonyl (C=O) groups excluding carboxylic acids is 2. The smallest absolute Gasteiger partial charge is 0.257 e. The molecule has 2 heterocycles. The Morgan fingerprint density at radius 2 is 2.00 bits per heavy atom. The molecule has 24 heavy (non-hydrogen) atoms. The molecule has 2 fully saturated rings. The van der Waals surface area contributed by atoms with Crippen LogP contribution in [-0.2, 0) is 4.79 Å². The first kappa shape index (κ1) is 15.3. The van der Waals surface area contributed by atoms with Crippen LogP contribution >= 0.6 is 11.3 Å². The number of nitrogens with one attached hydrogen (secondary N) is 1. The molecule has 2 amide bonds. The Kier molecular flexibility index (Phi) is 4.06. The number of nitrogens with zero attached hydrogens (tertiary/aromatic N) is 2. The van der Waals surface area contributed by atoms with Crippen molar-refractivity contribution >= 4 is 34.0 Å². The van der Waals surface area contributed by atoms with Crippen LogP contribution in [0.15, 0.2) is 29.6 Å². The van der Waals surface area contributed by atoms with E-state index in [-0.39, 0.29) is 11.8 Å². The summed E-state index contributed by atoms with van der Waals surface area (Å²) < 4.78 is 0. The van der Waals surface area contributed by atoms with Crippen LogP contribution in [0.4, 0.5) is 10.8 Å². The lowest BCUT2D eigenvalue weighted by atomic mass is 10.1. The van der Waals surface area contributed by atoms with Crippen molar-refractivity contribution in [1.29, 1.82) is 0 Å². The largest absolute Gasteiger partial charge is 0.312 e.